The van der Waals surface area contributed by atoms with Crippen LogP contribution in [0.1, 0.15) is 55.3 Å². The molecule has 1 aliphatic carbocycles. The fourth-order valence-corrected chi connectivity index (χ4v) is 4.34. The van der Waals surface area contributed by atoms with Gasteiger partial charge in [0, 0.05) is 18.2 Å². The van der Waals surface area contributed by atoms with E-state index in [0.29, 0.717) is 30.8 Å². The van der Waals surface area contributed by atoms with Gasteiger partial charge in [-0.05, 0) is 29.5 Å². The highest BCUT2D eigenvalue weighted by molar-refractivity contribution is 5.76. The molecule has 0 unspecified atom stereocenters. The van der Waals surface area contributed by atoms with Crippen LogP contribution in [0.2, 0.25) is 0 Å². The zero-order valence-electron chi connectivity index (χ0n) is 18.6. The molecule has 0 spiro atoms. The summed E-state index contributed by atoms with van der Waals surface area (Å²) in [4.78, 5) is 8.60. The van der Waals surface area contributed by atoms with Gasteiger partial charge in [-0.1, -0.05) is 80.3 Å². The molecule has 0 saturated heterocycles. The number of nitrogens with two attached hydrogens (primary N) is 2. The molecule has 0 atom stereocenters. The van der Waals surface area contributed by atoms with Crippen LogP contribution in [0.3, 0.4) is 0 Å². The Kier molecular flexibility index (Phi) is 7.69. The first kappa shape index (κ1) is 22.2. The van der Waals surface area contributed by atoms with Gasteiger partial charge in [0.1, 0.15) is 5.82 Å². The van der Waals surface area contributed by atoms with Crippen molar-refractivity contribution in [2.45, 2.75) is 64.3 Å². The van der Waals surface area contributed by atoms with Crippen molar-refractivity contribution in [2.24, 2.45) is 0 Å². The third-order valence-electron chi connectivity index (χ3n) is 6.07. The second-order valence-electron chi connectivity index (χ2n) is 8.53. The number of hydrogen-bond donors (Lipinski definition) is 3. The second kappa shape index (κ2) is 11.1. The van der Waals surface area contributed by atoms with E-state index < -0.39 is 0 Å². The monoisotopic (exact) mass is 431 g/mol. The van der Waals surface area contributed by atoms with Gasteiger partial charge in [-0.15, -0.1) is 0 Å². The highest BCUT2D eigenvalue weighted by Crippen LogP contribution is 2.29. The van der Waals surface area contributed by atoms with Crippen molar-refractivity contribution in [1.29, 1.82) is 0 Å². The minimum Gasteiger partial charge on any atom is -0.383 e. The predicted octanol–water partition coefficient (Wildman–Crippen LogP) is 4.84. The molecule has 1 aliphatic rings. The number of hydrogen-bond acceptors (Lipinski definition) is 6. The van der Waals surface area contributed by atoms with Crippen LogP contribution >= 0.6 is 0 Å². The molecular weight excluding hydrogens is 398 g/mol. The summed E-state index contributed by atoms with van der Waals surface area (Å²) in [5.74, 6) is 0.536. The molecule has 4 rings (SSSR count). The SMILES string of the molecule is Nc1nc(N)c(-c2ccc(CNC3CCCCCC3)cc2)c(COCc2ccccc2)n1. The van der Waals surface area contributed by atoms with E-state index in [1.165, 1.54) is 44.1 Å². The van der Waals surface area contributed by atoms with Gasteiger partial charge in [0.2, 0.25) is 5.95 Å². The van der Waals surface area contributed by atoms with Crippen LogP contribution < -0.4 is 16.8 Å². The van der Waals surface area contributed by atoms with E-state index in [1.54, 1.807) is 0 Å². The van der Waals surface area contributed by atoms with Gasteiger partial charge in [0.25, 0.3) is 0 Å². The maximum atomic E-state index is 6.25. The molecule has 2 aromatic carbocycles. The first-order valence-corrected chi connectivity index (χ1v) is 11.6. The molecule has 0 radical (unpaired) electrons. The van der Waals surface area contributed by atoms with E-state index in [4.69, 9.17) is 16.2 Å². The van der Waals surface area contributed by atoms with Gasteiger partial charge in [0.05, 0.1) is 18.9 Å². The molecule has 1 saturated carbocycles. The number of aromatic nitrogens is 2. The summed E-state index contributed by atoms with van der Waals surface area (Å²) in [5, 5.41) is 3.72. The van der Waals surface area contributed by atoms with Crippen LogP contribution in [0.5, 0.6) is 0 Å². The van der Waals surface area contributed by atoms with E-state index in [0.717, 1.165) is 23.2 Å². The zero-order chi connectivity index (χ0) is 22.2. The van der Waals surface area contributed by atoms with E-state index in [1.807, 2.05) is 30.3 Å². The summed E-state index contributed by atoms with van der Waals surface area (Å²) in [7, 11) is 0. The van der Waals surface area contributed by atoms with E-state index in [2.05, 4.69) is 39.6 Å². The maximum Gasteiger partial charge on any atom is 0.222 e. The van der Waals surface area contributed by atoms with Gasteiger partial charge in [0.15, 0.2) is 0 Å². The lowest BCUT2D eigenvalue weighted by Crippen LogP contribution is -2.27. The quantitative estimate of drug-likeness (QED) is 0.442. The number of nitrogen functional groups attached to an aromatic ring is 2. The van der Waals surface area contributed by atoms with Crippen LogP contribution in [0, 0.1) is 0 Å². The highest BCUT2D eigenvalue weighted by atomic mass is 16.5. The Morgan fingerprint density at radius 2 is 1.53 bits per heavy atom. The van der Waals surface area contributed by atoms with E-state index in [9.17, 15) is 0 Å². The van der Waals surface area contributed by atoms with Crippen molar-refractivity contribution < 1.29 is 4.74 Å². The summed E-state index contributed by atoms with van der Waals surface area (Å²) < 4.78 is 5.91. The lowest BCUT2D eigenvalue weighted by Gasteiger charge is -2.17. The minimum absolute atomic E-state index is 0.161. The van der Waals surface area contributed by atoms with Crippen molar-refractivity contribution in [1.82, 2.24) is 15.3 Å². The maximum absolute atomic E-state index is 6.25. The third kappa shape index (κ3) is 6.05. The Hall–Kier alpha value is -2.96. The molecule has 3 aromatic rings. The van der Waals surface area contributed by atoms with E-state index in [-0.39, 0.29) is 5.95 Å². The summed E-state index contributed by atoms with van der Waals surface area (Å²) >= 11 is 0. The van der Waals surface area contributed by atoms with Crippen LogP contribution in [-0.2, 0) is 24.5 Å². The highest BCUT2D eigenvalue weighted by Gasteiger charge is 2.15. The fraction of sp³-hybridized carbons (Fsp3) is 0.385. The number of nitrogens with one attached hydrogen (secondary N) is 1. The van der Waals surface area contributed by atoms with Crippen molar-refractivity contribution in [3.05, 3.63) is 71.4 Å². The van der Waals surface area contributed by atoms with Crippen LogP contribution in [0.15, 0.2) is 54.6 Å². The normalized spacial score (nSPS) is 14.9. The van der Waals surface area contributed by atoms with Crippen LogP contribution in [0.25, 0.3) is 11.1 Å². The largest absolute Gasteiger partial charge is 0.383 e. The fourth-order valence-electron chi connectivity index (χ4n) is 4.34. The Morgan fingerprint density at radius 1 is 0.812 bits per heavy atom. The predicted molar refractivity (Wildman–Crippen MR) is 130 cm³/mol. The van der Waals surface area contributed by atoms with Crippen LogP contribution in [0.4, 0.5) is 11.8 Å². The summed E-state index contributed by atoms with van der Waals surface area (Å²) in [6.07, 6.45) is 7.97. The molecule has 168 valence electrons. The first-order valence-electron chi connectivity index (χ1n) is 11.6. The zero-order valence-corrected chi connectivity index (χ0v) is 18.6. The van der Waals surface area contributed by atoms with E-state index >= 15 is 0 Å². The molecule has 0 bridgehead atoms. The summed E-state index contributed by atoms with van der Waals surface area (Å²) in [6.45, 7) is 1.69. The lowest BCUT2D eigenvalue weighted by atomic mass is 10.0. The third-order valence-corrected chi connectivity index (χ3v) is 6.07. The molecular formula is C26H33N5O. The summed E-state index contributed by atoms with van der Waals surface area (Å²) in [6, 6.07) is 19.1. The first-order chi connectivity index (χ1) is 15.7. The topological polar surface area (TPSA) is 99.1 Å². The van der Waals surface area contributed by atoms with Crippen molar-refractivity contribution in [2.75, 3.05) is 11.5 Å². The molecule has 32 heavy (non-hydrogen) atoms. The van der Waals surface area contributed by atoms with Crippen molar-refractivity contribution in [3.8, 4) is 11.1 Å². The standard InChI is InChI=1S/C26H33N5O/c27-25-24(23(30-26(28)31-25)18-32-17-20-8-4-3-5-9-20)21-14-12-19(13-15-21)16-29-22-10-6-1-2-7-11-22/h3-5,8-9,12-15,22,29H,1-2,6-7,10-11,16-18H2,(H4,27,28,30,31). The molecule has 0 aliphatic heterocycles. The average Bonchev–Trinajstić information content (AvgIpc) is 3.08. The Balaban J connectivity index is 1.43. The smallest absolute Gasteiger partial charge is 0.222 e. The molecule has 1 heterocycles. The Morgan fingerprint density at radius 3 is 2.25 bits per heavy atom. The van der Waals surface area contributed by atoms with Gasteiger partial charge in [-0.3, -0.25) is 0 Å². The molecule has 0 amide bonds. The van der Waals surface area contributed by atoms with Crippen molar-refractivity contribution in [3.63, 3.8) is 0 Å². The minimum atomic E-state index is 0.161. The van der Waals surface area contributed by atoms with Gasteiger partial charge >= 0.3 is 0 Å². The molecule has 1 fully saturated rings. The number of anilines is 2. The Labute approximate surface area is 190 Å². The summed E-state index contributed by atoms with van der Waals surface area (Å²) in [5.41, 5.74) is 16.9. The number of nitrogens with zero attached hydrogens (tertiary/aromatic N) is 2. The number of rotatable bonds is 8. The van der Waals surface area contributed by atoms with Crippen LogP contribution in [-0.4, -0.2) is 16.0 Å². The van der Waals surface area contributed by atoms with Gasteiger partial charge in [-0.2, -0.15) is 4.98 Å². The van der Waals surface area contributed by atoms with Gasteiger partial charge in [-0.25, -0.2) is 4.98 Å². The van der Waals surface area contributed by atoms with Gasteiger partial charge < -0.3 is 21.5 Å². The molecule has 6 nitrogen and oxygen atoms in total. The molecule has 5 N–H and O–H groups in total. The second-order valence-corrected chi connectivity index (χ2v) is 8.53. The molecule has 6 heteroatoms. The average molecular weight is 432 g/mol. The van der Waals surface area contributed by atoms with Crippen molar-refractivity contribution >= 4 is 11.8 Å². The lowest BCUT2D eigenvalue weighted by molar-refractivity contribution is 0.105. The number of ether oxygens (including phenoxy) is 1. The Bertz CT molecular complexity index is 983. The molecule has 1 aromatic heterocycles. The number of benzene rings is 2.